The summed E-state index contributed by atoms with van der Waals surface area (Å²) in [6.07, 6.45) is 16.7. The highest BCUT2D eigenvalue weighted by Crippen LogP contribution is 2.24. The zero-order valence-electron chi connectivity index (χ0n) is 18.9. The number of ether oxygens (including phenoxy) is 2. The van der Waals surface area contributed by atoms with Crippen LogP contribution in [0.2, 0.25) is 0 Å². The summed E-state index contributed by atoms with van der Waals surface area (Å²) >= 11 is 0. The van der Waals surface area contributed by atoms with Crippen molar-refractivity contribution in [3.05, 3.63) is 23.3 Å². The number of esters is 2. The van der Waals surface area contributed by atoms with E-state index in [2.05, 4.69) is 37.7 Å². The quantitative estimate of drug-likeness (QED) is 0.169. The van der Waals surface area contributed by atoms with E-state index in [-0.39, 0.29) is 11.9 Å². The molecule has 28 heavy (non-hydrogen) atoms. The maximum atomic E-state index is 11.2. The summed E-state index contributed by atoms with van der Waals surface area (Å²) < 4.78 is 9.36. The molecule has 0 saturated heterocycles. The van der Waals surface area contributed by atoms with Crippen LogP contribution in [0.1, 0.15) is 97.8 Å². The van der Waals surface area contributed by atoms with Gasteiger partial charge in [-0.15, -0.1) is 0 Å². The Morgan fingerprint density at radius 1 is 0.750 bits per heavy atom. The van der Waals surface area contributed by atoms with E-state index < -0.39 is 0 Å². The van der Waals surface area contributed by atoms with Crippen LogP contribution >= 0.6 is 0 Å². The van der Waals surface area contributed by atoms with Gasteiger partial charge in [-0.25, -0.2) is 0 Å². The molecule has 0 radical (unpaired) electrons. The number of rotatable bonds is 16. The summed E-state index contributed by atoms with van der Waals surface area (Å²) in [6.45, 7) is 6.57. The fourth-order valence-corrected chi connectivity index (χ4v) is 3.21. The van der Waals surface area contributed by atoms with Crippen molar-refractivity contribution in [1.82, 2.24) is 0 Å². The number of carbonyl (C=O) groups excluding carboxylic acids is 2. The summed E-state index contributed by atoms with van der Waals surface area (Å²) in [7, 11) is 2.89. The lowest BCUT2D eigenvalue weighted by atomic mass is 9.89. The highest BCUT2D eigenvalue weighted by Gasteiger charge is 2.10. The Bertz CT molecular complexity index is 487. The summed E-state index contributed by atoms with van der Waals surface area (Å²) in [4.78, 5) is 22.3. The van der Waals surface area contributed by atoms with E-state index in [9.17, 15) is 9.59 Å². The molecule has 162 valence electrons. The first kappa shape index (κ1) is 26.4. The molecule has 4 nitrogen and oxygen atoms in total. The van der Waals surface area contributed by atoms with Crippen LogP contribution in [0.25, 0.3) is 0 Å². The van der Waals surface area contributed by atoms with E-state index in [1.54, 1.807) is 0 Å². The minimum absolute atomic E-state index is 0.107. The number of allylic oxidation sites excluding steroid dienone is 4. The summed E-state index contributed by atoms with van der Waals surface area (Å²) in [5.74, 6) is 0.376. The van der Waals surface area contributed by atoms with Gasteiger partial charge in [0, 0.05) is 12.8 Å². The number of methoxy groups -OCH3 is 2. The van der Waals surface area contributed by atoms with Gasteiger partial charge < -0.3 is 9.47 Å². The lowest BCUT2D eigenvalue weighted by Gasteiger charge is -2.17. The third-order valence-corrected chi connectivity index (χ3v) is 5.14. The Morgan fingerprint density at radius 2 is 1.29 bits per heavy atom. The molecule has 0 aliphatic rings. The Morgan fingerprint density at radius 3 is 1.82 bits per heavy atom. The van der Waals surface area contributed by atoms with Crippen LogP contribution in [0.3, 0.4) is 0 Å². The van der Waals surface area contributed by atoms with Crippen molar-refractivity contribution < 1.29 is 19.1 Å². The molecular formula is C24H42O4. The first-order valence-corrected chi connectivity index (χ1v) is 10.8. The van der Waals surface area contributed by atoms with Crippen molar-refractivity contribution in [2.75, 3.05) is 14.2 Å². The lowest BCUT2D eigenvalue weighted by molar-refractivity contribution is -0.141. The Labute approximate surface area is 172 Å². The molecular weight excluding hydrogens is 352 g/mol. The highest BCUT2D eigenvalue weighted by molar-refractivity contribution is 5.69. The molecule has 0 aromatic heterocycles. The van der Waals surface area contributed by atoms with E-state index in [0.29, 0.717) is 18.8 Å². The fourth-order valence-electron chi connectivity index (χ4n) is 3.21. The SMILES string of the molecule is COC(=O)CCCCCCC=C(C)C(CC=C(C)C)CCCCCC(=O)OC. The maximum absolute atomic E-state index is 11.2. The number of hydrogen-bond donors (Lipinski definition) is 0. The normalized spacial score (nSPS) is 12.4. The molecule has 4 heteroatoms. The second-order valence-corrected chi connectivity index (χ2v) is 7.87. The smallest absolute Gasteiger partial charge is 0.305 e. The van der Waals surface area contributed by atoms with Gasteiger partial charge in [-0.1, -0.05) is 49.0 Å². The molecule has 0 N–H and O–H groups in total. The van der Waals surface area contributed by atoms with Crippen LogP contribution in [0, 0.1) is 5.92 Å². The van der Waals surface area contributed by atoms with Gasteiger partial charge in [0.2, 0.25) is 0 Å². The van der Waals surface area contributed by atoms with E-state index in [1.807, 2.05) is 0 Å². The minimum Gasteiger partial charge on any atom is -0.469 e. The van der Waals surface area contributed by atoms with Crippen LogP contribution in [-0.4, -0.2) is 26.2 Å². The summed E-state index contributed by atoms with van der Waals surface area (Å²) in [6, 6.07) is 0. The monoisotopic (exact) mass is 394 g/mol. The number of unbranched alkanes of at least 4 members (excludes halogenated alkanes) is 6. The lowest BCUT2D eigenvalue weighted by Crippen LogP contribution is -2.03. The van der Waals surface area contributed by atoms with Crippen molar-refractivity contribution in [2.24, 2.45) is 5.92 Å². The van der Waals surface area contributed by atoms with Crippen LogP contribution in [-0.2, 0) is 19.1 Å². The van der Waals surface area contributed by atoms with Crippen LogP contribution in [0.4, 0.5) is 0 Å². The van der Waals surface area contributed by atoms with Crippen molar-refractivity contribution in [2.45, 2.75) is 97.8 Å². The summed E-state index contributed by atoms with van der Waals surface area (Å²) in [5.41, 5.74) is 2.86. The molecule has 0 saturated carbocycles. The molecule has 0 aliphatic carbocycles. The molecule has 0 aliphatic heterocycles. The van der Waals surface area contributed by atoms with Gasteiger partial charge in [-0.2, -0.15) is 0 Å². The third kappa shape index (κ3) is 15.5. The average molecular weight is 395 g/mol. The molecule has 1 unspecified atom stereocenters. The second-order valence-electron chi connectivity index (χ2n) is 7.87. The predicted octanol–water partition coefficient (Wildman–Crippen LogP) is 6.54. The van der Waals surface area contributed by atoms with Crippen molar-refractivity contribution in [1.29, 1.82) is 0 Å². The van der Waals surface area contributed by atoms with Crippen LogP contribution in [0.5, 0.6) is 0 Å². The zero-order chi connectivity index (χ0) is 21.2. The molecule has 0 fully saturated rings. The van der Waals surface area contributed by atoms with E-state index in [0.717, 1.165) is 51.4 Å². The van der Waals surface area contributed by atoms with Gasteiger partial charge >= 0.3 is 11.9 Å². The molecule has 0 heterocycles. The predicted molar refractivity (Wildman–Crippen MR) is 116 cm³/mol. The standard InChI is InChI=1S/C24H42O4/c1-20(2)18-19-22(15-11-9-13-17-24(26)28-5)21(3)14-10-7-6-8-12-16-23(25)27-4/h14,18,22H,6-13,15-17,19H2,1-5H3. The largest absolute Gasteiger partial charge is 0.469 e. The molecule has 0 rings (SSSR count). The summed E-state index contributed by atoms with van der Waals surface area (Å²) in [5, 5.41) is 0. The fraction of sp³-hybridized carbons (Fsp3) is 0.750. The topological polar surface area (TPSA) is 52.6 Å². The third-order valence-electron chi connectivity index (χ3n) is 5.14. The Hall–Kier alpha value is -1.58. The van der Waals surface area contributed by atoms with Gasteiger partial charge in [0.25, 0.3) is 0 Å². The van der Waals surface area contributed by atoms with Crippen molar-refractivity contribution in [3.63, 3.8) is 0 Å². The highest BCUT2D eigenvalue weighted by atomic mass is 16.5. The molecule has 0 aromatic carbocycles. The zero-order valence-corrected chi connectivity index (χ0v) is 18.9. The van der Waals surface area contributed by atoms with Crippen molar-refractivity contribution in [3.8, 4) is 0 Å². The molecule has 1 atom stereocenters. The molecule has 0 bridgehead atoms. The molecule has 0 spiro atoms. The first-order chi connectivity index (χ1) is 13.4. The van der Waals surface area contributed by atoms with Gasteiger partial charge in [0.05, 0.1) is 14.2 Å². The van der Waals surface area contributed by atoms with Gasteiger partial charge in [-0.3, -0.25) is 9.59 Å². The van der Waals surface area contributed by atoms with Gasteiger partial charge in [0.15, 0.2) is 0 Å². The maximum Gasteiger partial charge on any atom is 0.305 e. The Balaban J connectivity index is 4.22. The van der Waals surface area contributed by atoms with Crippen molar-refractivity contribution >= 4 is 11.9 Å². The number of carbonyl (C=O) groups is 2. The van der Waals surface area contributed by atoms with Gasteiger partial charge in [-0.05, 0) is 65.2 Å². The minimum atomic E-state index is -0.108. The Kier molecular flexibility index (Phi) is 16.5. The number of hydrogen-bond acceptors (Lipinski definition) is 4. The van der Waals surface area contributed by atoms with E-state index in [1.165, 1.54) is 38.2 Å². The average Bonchev–Trinajstić information content (AvgIpc) is 2.68. The molecule has 0 aromatic rings. The second kappa shape index (κ2) is 17.5. The van der Waals surface area contributed by atoms with E-state index in [4.69, 9.17) is 4.74 Å². The molecule has 0 amide bonds. The van der Waals surface area contributed by atoms with Crippen LogP contribution < -0.4 is 0 Å². The van der Waals surface area contributed by atoms with E-state index >= 15 is 0 Å². The van der Waals surface area contributed by atoms with Crippen LogP contribution in [0.15, 0.2) is 23.3 Å². The first-order valence-electron chi connectivity index (χ1n) is 10.8. The van der Waals surface area contributed by atoms with Gasteiger partial charge in [0.1, 0.15) is 0 Å².